The van der Waals surface area contributed by atoms with Gasteiger partial charge in [0.25, 0.3) is 0 Å². The van der Waals surface area contributed by atoms with Crippen LogP contribution >= 0.6 is 15.9 Å². The van der Waals surface area contributed by atoms with Gasteiger partial charge in [-0.15, -0.1) is 6.58 Å². The fourth-order valence-electron chi connectivity index (χ4n) is 3.98. The Labute approximate surface area is 193 Å². The number of fused-ring (bicyclic) bond motifs is 1. The van der Waals surface area contributed by atoms with Crippen molar-refractivity contribution in [2.75, 3.05) is 6.61 Å². The summed E-state index contributed by atoms with van der Waals surface area (Å²) in [5.41, 5.74) is 5.03. The highest BCUT2D eigenvalue weighted by Gasteiger charge is 2.36. The van der Waals surface area contributed by atoms with Crippen molar-refractivity contribution in [1.82, 2.24) is 10.4 Å². The Morgan fingerprint density at radius 3 is 2.59 bits per heavy atom. The average molecular weight is 511 g/mol. The number of rotatable bonds is 9. The zero-order valence-corrected chi connectivity index (χ0v) is 19.1. The van der Waals surface area contributed by atoms with Crippen molar-refractivity contribution in [2.24, 2.45) is 0 Å². The number of aliphatic hydroxyl groups is 1. The first-order valence-electron chi connectivity index (χ1n) is 10.1. The maximum absolute atomic E-state index is 13.6. The van der Waals surface area contributed by atoms with Gasteiger partial charge in [0.15, 0.2) is 0 Å². The van der Waals surface area contributed by atoms with Crippen LogP contribution in [0.25, 0.3) is 0 Å². The third kappa shape index (κ3) is 5.72. The van der Waals surface area contributed by atoms with Crippen LogP contribution in [0, 0.1) is 11.6 Å². The number of hydrazine groups is 1. The summed E-state index contributed by atoms with van der Waals surface area (Å²) < 4.78 is 34.0. The molecule has 0 saturated carbocycles. The second-order valence-corrected chi connectivity index (χ2v) is 8.66. The summed E-state index contributed by atoms with van der Waals surface area (Å²) in [4.78, 5) is 12.1. The number of hydrogen-bond donors (Lipinski definition) is 3. The molecular formula is C23H25BrF2N2O4. The molecule has 0 aliphatic heterocycles. The van der Waals surface area contributed by atoms with Gasteiger partial charge >= 0.3 is 6.09 Å². The first kappa shape index (κ1) is 24.3. The van der Waals surface area contributed by atoms with E-state index in [0.29, 0.717) is 13.0 Å². The minimum atomic E-state index is -1.32. The van der Waals surface area contributed by atoms with Crippen LogP contribution in [-0.4, -0.2) is 40.1 Å². The zero-order valence-electron chi connectivity index (χ0n) is 17.5. The number of aliphatic hydroxyl groups excluding tert-OH is 1. The van der Waals surface area contributed by atoms with Gasteiger partial charge in [-0.25, -0.2) is 24.0 Å². The molecule has 9 heteroatoms. The zero-order chi connectivity index (χ0) is 23.4. The minimum Gasteiger partial charge on any atom is -0.464 e. The SMILES string of the molecule is C=CCO[C@@H]1C[C@H](NN(C(=O)O)[C@@H](Cc2cc(F)cc(F)c2)[C@@H](C)O)c2cc(Br)ccc21. The number of halogens is 3. The van der Waals surface area contributed by atoms with Gasteiger partial charge in [0.1, 0.15) is 11.6 Å². The summed E-state index contributed by atoms with van der Waals surface area (Å²) in [5, 5.41) is 21.2. The molecule has 3 rings (SSSR count). The molecule has 0 aromatic heterocycles. The van der Waals surface area contributed by atoms with Crippen molar-refractivity contribution in [3.05, 3.63) is 81.9 Å². The summed E-state index contributed by atoms with van der Waals surface area (Å²) in [6.07, 6.45) is -0.665. The summed E-state index contributed by atoms with van der Waals surface area (Å²) in [6, 6.07) is 7.28. The Hall–Kier alpha value is -2.33. The van der Waals surface area contributed by atoms with Crippen LogP contribution in [0.4, 0.5) is 13.6 Å². The number of nitrogens with zero attached hydrogens (tertiary/aromatic N) is 1. The number of ether oxygens (including phenoxy) is 1. The summed E-state index contributed by atoms with van der Waals surface area (Å²) >= 11 is 3.44. The van der Waals surface area contributed by atoms with E-state index in [4.69, 9.17) is 4.74 Å². The minimum absolute atomic E-state index is 0.0832. The lowest BCUT2D eigenvalue weighted by atomic mass is 10.0. The number of benzene rings is 2. The summed E-state index contributed by atoms with van der Waals surface area (Å²) in [6.45, 7) is 5.44. The Kier molecular flexibility index (Phi) is 8.00. The third-order valence-corrected chi connectivity index (χ3v) is 5.89. The highest BCUT2D eigenvalue weighted by atomic mass is 79.9. The van der Waals surface area contributed by atoms with Gasteiger partial charge in [0, 0.05) is 10.5 Å². The van der Waals surface area contributed by atoms with Gasteiger partial charge < -0.3 is 14.9 Å². The molecule has 6 nitrogen and oxygen atoms in total. The topological polar surface area (TPSA) is 82.0 Å². The number of amides is 1. The molecule has 0 saturated heterocycles. The third-order valence-electron chi connectivity index (χ3n) is 5.39. The van der Waals surface area contributed by atoms with Crippen LogP contribution in [0.1, 0.15) is 42.2 Å². The van der Waals surface area contributed by atoms with E-state index in [1.54, 1.807) is 6.08 Å². The lowest BCUT2D eigenvalue weighted by Gasteiger charge is -2.34. The van der Waals surface area contributed by atoms with E-state index in [9.17, 15) is 23.8 Å². The van der Waals surface area contributed by atoms with Gasteiger partial charge in [-0.2, -0.15) is 0 Å². The highest BCUT2D eigenvalue weighted by molar-refractivity contribution is 9.10. The first-order chi connectivity index (χ1) is 15.2. The number of nitrogens with one attached hydrogen (secondary N) is 1. The number of carboxylic acid groups (broad SMARTS) is 1. The van der Waals surface area contributed by atoms with E-state index in [0.717, 1.165) is 38.8 Å². The molecule has 0 heterocycles. The van der Waals surface area contributed by atoms with Crippen molar-refractivity contribution >= 4 is 22.0 Å². The van der Waals surface area contributed by atoms with Crippen LogP contribution in [0.3, 0.4) is 0 Å². The van der Waals surface area contributed by atoms with E-state index >= 15 is 0 Å². The van der Waals surface area contributed by atoms with E-state index in [1.807, 2.05) is 18.2 Å². The lowest BCUT2D eigenvalue weighted by molar-refractivity contribution is 0.0137. The second-order valence-electron chi connectivity index (χ2n) is 7.74. The molecule has 0 unspecified atom stereocenters. The summed E-state index contributed by atoms with van der Waals surface area (Å²) in [7, 11) is 0. The Morgan fingerprint density at radius 1 is 1.31 bits per heavy atom. The molecule has 4 atom stereocenters. The molecule has 1 amide bonds. The Bertz CT molecular complexity index is 968. The van der Waals surface area contributed by atoms with Crippen molar-refractivity contribution in [3.8, 4) is 0 Å². The Morgan fingerprint density at radius 2 is 2.00 bits per heavy atom. The maximum atomic E-state index is 13.6. The predicted octanol–water partition coefficient (Wildman–Crippen LogP) is 4.89. The van der Waals surface area contributed by atoms with Crippen molar-refractivity contribution in [2.45, 2.75) is 44.1 Å². The molecule has 2 aromatic carbocycles. The molecule has 1 aliphatic carbocycles. The maximum Gasteiger partial charge on any atom is 0.422 e. The molecule has 0 fully saturated rings. The van der Waals surface area contributed by atoms with Gasteiger partial charge in [0.05, 0.1) is 30.9 Å². The number of hydrogen-bond acceptors (Lipinski definition) is 4. The van der Waals surface area contributed by atoms with Crippen LogP contribution in [-0.2, 0) is 11.2 Å². The van der Waals surface area contributed by atoms with Gasteiger partial charge in [0.2, 0.25) is 0 Å². The van der Waals surface area contributed by atoms with Gasteiger partial charge in [-0.1, -0.05) is 28.1 Å². The largest absolute Gasteiger partial charge is 0.464 e. The van der Waals surface area contributed by atoms with E-state index in [2.05, 4.69) is 27.9 Å². The first-order valence-corrected chi connectivity index (χ1v) is 10.9. The van der Waals surface area contributed by atoms with Crippen molar-refractivity contribution < 1.29 is 28.5 Å². The predicted molar refractivity (Wildman–Crippen MR) is 119 cm³/mol. The van der Waals surface area contributed by atoms with Crippen molar-refractivity contribution in [3.63, 3.8) is 0 Å². The molecule has 32 heavy (non-hydrogen) atoms. The van der Waals surface area contributed by atoms with Crippen LogP contribution < -0.4 is 5.43 Å². The molecule has 1 aliphatic rings. The van der Waals surface area contributed by atoms with E-state index in [-0.39, 0.29) is 18.1 Å². The summed E-state index contributed by atoms with van der Waals surface area (Å²) in [5.74, 6) is -1.54. The number of carbonyl (C=O) groups is 1. The van der Waals surface area contributed by atoms with Crippen molar-refractivity contribution in [1.29, 1.82) is 0 Å². The molecule has 0 bridgehead atoms. The normalized spacial score (nSPS) is 19.3. The lowest BCUT2D eigenvalue weighted by Crippen LogP contribution is -2.54. The average Bonchev–Trinajstić information content (AvgIpc) is 3.04. The molecule has 0 spiro atoms. The highest BCUT2D eigenvalue weighted by Crippen LogP contribution is 2.42. The monoisotopic (exact) mass is 510 g/mol. The van der Waals surface area contributed by atoms with E-state index in [1.165, 1.54) is 6.92 Å². The quantitative estimate of drug-likeness (QED) is 0.330. The van der Waals surface area contributed by atoms with Gasteiger partial charge in [-0.05, 0) is 60.7 Å². The smallest absolute Gasteiger partial charge is 0.422 e. The second kappa shape index (κ2) is 10.5. The molecule has 172 valence electrons. The Balaban J connectivity index is 1.88. The van der Waals surface area contributed by atoms with Crippen LogP contribution in [0.15, 0.2) is 53.5 Å². The molecular weight excluding hydrogens is 486 g/mol. The van der Waals surface area contributed by atoms with Crippen LogP contribution in [0.5, 0.6) is 0 Å². The molecule has 3 N–H and O–H groups in total. The molecule has 2 aromatic rings. The standard InChI is InChI=1S/C23H25BrF2N2O4/c1-3-6-32-22-12-20(19-10-15(24)4-5-18(19)22)27-28(23(30)31)21(13(2)29)9-14-7-16(25)11-17(26)8-14/h3-5,7-8,10-11,13,20-22,27,29H,1,6,9,12H2,2H3,(H,30,31)/t13-,20+,21+,22-/m1/s1. The van der Waals surface area contributed by atoms with Gasteiger partial charge in [-0.3, -0.25) is 0 Å². The van der Waals surface area contributed by atoms with Crippen LogP contribution in [0.2, 0.25) is 0 Å². The molecule has 0 radical (unpaired) electrons. The van der Waals surface area contributed by atoms with E-state index < -0.39 is 35.9 Å². The fraction of sp³-hybridized carbons (Fsp3) is 0.348. The fourth-order valence-corrected chi connectivity index (χ4v) is 4.36.